The summed E-state index contributed by atoms with van der Waals surface area (Å²) in [6, 6.07) is 0. The number of rotatable bonds is 5. The molecular formula is C17H30N2S. The van der Waals surface area contributed by atoms with Gasteiger partial charge in [-0.3, -0.25) is 0 Å². The van der Waals surface area contributed by atoms with Gasteiger partial charge in [-0.2, -0.15) is 0 Å². The van der Waals surface area contributed by atoms with Crippen LogP contribution in [0.25, 0.3) is 0 Å². The number of hydrogen-bond donors (Lipinski definition) is 1. The maximum absolute atomic E-state index is 4.52. The fraction of sp³-hybridized carbons (Fsp3) is 0.824. The first-order chi connectivity index (χ1) is 9.45. The van der Waals surface area contributed by atoms with E-state index in [1.165, 1.54) is 30.7 Å². The van der Waals surface area contributed by atoms with Crippen LogP contribution < -0.4 is 5.32 Å². The number of thiazole rings is 1. The van der Waals surface area contributed by atoms with E-state index in [-0.39, 0.29) is 0 Å². The summed E-state index contributed by atoms with van der Waals surface area (Å²) in [5.74, 6) is 0.883. The molecule has 0 spiro atoms. The fourth-order valence-electron chi connectivity index (χ4n) is 3.56. The van der Waals surface area contributed by atoms with Crippen LogP contribution in [0.4, 0.5) is 0 Å². The highest BCUT2D eigenvalue weighted by atomic mass is 32.1. The second-order valence-electron chi connectivity index (χ2n) is 7.52. The van der Waals surface area contributed by atoms with E-state index in [1.54, 1.807) is 0 Å². The van der Waals surface area contributed by atoms with Crippen LogP contribution in [0.15, 0.2) is 11.6 Å². The van der Waals surface area contributed by atoms with Gasteiger partial charge in [-0.1, -0.05) is 27.7 Å². The summed E-state index contributed by atoms with van der Waals surface area (Å²) < 4.78 is 0. The van der Waals surface area contributed by atoms with Gasteiger partial charge in [0.2, 0.25) is 0 Å². The van der Waals surface area contributed by atoms with Crippen molar-refractivity contribution >= 4 is 11.3 Å². The van der Waals surface area contributed by atoms with Gasteiger partial charge in [-0.15, -0.1) is 11.3 Å². The lowest BCUT2D eigenvalue weighted by Crippen LogP contribution is -2.41. The minimum absolute atomic E-state index is 0.440. The minimum atomic E-state index is 0.440. The Morgan fingerprint density at radius 3 is 2.55 bits per heavy atom. The van der Waals surface area contributed by atoms with Crippen LogP contribution >= 0.6 is 11.3 Å². The maximum atomic E-state index is 4.52. The Hall–Kier alpha value is -0.410. The lowest BCUT2D eigenvalue weighted by molar-refractivity contribution is 0.0865. The van der Waals surface area contributed by atoms with E-state index in [9.17, 15) is 0 Å². The van der Waals surface area contributed by atoms with E-state index in [0.717, 1.165) is 25.4 Å². The highest BCUT2D eigenvalue weighted by molar-refractivity contribution is 7.09. The Morgan fingerprint density at radius 1 is 1.35 bits per heavy atom. The largest absolute Gasteiger partial charge is 0.316 e. The Labute approximate surface area is 128 Å². The predicted molar refractivity (Wildman–Crippen MR) is 88.2 cm³/mol. The smallest absolute Gasteiger partial charge is 0.0930 e. The molecule has 0 bridgehead atoms. The molecule has 0 atom stereocenters. The van der Waals surface area contributed by atoms with Crippen molar-refractivity contribution in [3.05, 3.63) is 16.6 Å². The van der Waals surface area contributed by atoms with E-state index in [2.05, 4.69) is 43.4 Å². The van der Waals surface area contributed by atoms with Gasteiger partial charge in [-0.25, -0.2) is 4.98 Å². The SMILES string of the molecule is CCNCC1(Cc2nccs2)CCC(C(C)(C)C)CC1. The second kappa shape index (κ2) is 6.57. The molecule has 1 aromatic rings. The first-order valence-corrected chi connectivity index (χ1v) is 8.92. The molecule has 1 aromatic heterocycles. The van der Waals surface area contributed by atoms with Gasteiger partial charge in [0.05, 0.1) is 5.01 Å². The van der Waals surface area contributed by atoms with Crippen LogP contribution in [-0.2, 0) is 6.42 Å². The number of hydrogen-bond acceptors (Lipinski definition) is 3. The van der Waals surface area contributed by atoms with Crippen molar-refractivity contribution in [2.75, 3.05) is 13.1 Å². The molecule has 0 aliphatic heterocycles. The maximum Gasteiger partial charge on any atom is 0.0930 e. The summed E-state index contributed by atoms with van der Waals surface area (Å²) in [5, 5.41) is 7.03. The summed E-state index contributed by atoms with van der Waals surface area (Å²) in [5.41, 5.74) is 0.904. The van der Waals surface area contributed by atoms with E-state index < -0.39 is 0 Å². The van der Waals surface area contributed by atoms with Gasteiger partial charge in [0.25, 0.3) is 0 Å². The summed E-state index contributed by atoms with van der Waals surface area (Å²) in [4.78, 5) is 4.52. The normalized spacial score (nSPS) is 27.7. The fourth-order valence-corrected chi connectivity index (χ4v) is 4.35. The molecule has 1 saturated carbocycles. The first kappa shape index (κ1) is 16.0. The molecule has 1 aliphatic carbocycles. The molecule has 0 amide bonds. The molecule has 1 heterocycles. The molecule has 1 aliphatic rings. The van der Waals surface area contributed by atoms with Crippen LogP contribution in [0.3, 0.4) is 0 Å². The highest BCUT2D eigenvalue weighted by Gasteiger charge is 2.38. The Balaban J connectivity index is 2.02. The summed E-state index contributed by atoms with van der Waals surface area (Å²) in [6.45, 7) is 11.6. The lowest BCUT2D eigenvalue weighted by Gasteiger charge is -2.44. The zero-order valence-electron chi connectivity index (χ0n) is 13.5. The van der Waals surface area contributed by atoms with Crippen molar-refractivity contribution in [1.82, 2.24) is 10.3 Å². The van der Waals surface area contributed by atoms with Crippen LogP contribution in [0.1, 0.15) is 58.4 Å². The van der Waals surface area contributed by atoms with Gasteiger partial charge in [0, 0.05) is 24.5 Å². The third-order valence-electron chi connectivity index (χ3n) is 5.03. The van der Waals surface area contributed by atoms with Gasteiger partial charge >= 0.3 is 0 Å². The molecule has 1 N–H and O–H groups in total. The first-order valence-electron chi connectivity index (χ1n) is 8.04. The van der Waals surface area contributed by atoms with E-state index in [0.29, 0.717) is 10.8 Å². The van der Waals surface area contributed by atoms with Crippen molar-refractivity contribution in [3.8, 4) is 0 Å². The molecule has 0 radical (unpaired) electrons. The Morgan fingerprint density at radius 2 is 2.05 bits per heavy atom. The zero-order valence-corrected chi connectivity index (χ0v) is 14.4. The van der Waals surface area contributed by atoms with E-state index >= 15 is 0 Å². The average molecular weight is 295 g/mol. The van der Waals surface area contributed by atoms with Gasteiger partial charge < -0.3 is 5.32 Å². The molecular weight excluding hydrogens is 264 g/mol. The molecule has 3 heteroatoms. The molecule has 20 heavy (non-hydrogen) atoms. The lowest BCUT2D eigenvalue weighted by atomic mass is 9.63. The zero-order chi connectivity index (χ0) is 14.6. The average Bonchev–Trinajstić information content (AvgIpc) is 2.89. The van der Waals surface area contributed by atoms with Crippen LogP contribution in [-0.4, -0.2) is 18.1 Å². The number of aromatic nitrogens is 1. The number of nitrogens with one attached hydrogen (secondary N) is 1. The van der Waals surface area contributed by atoms with Crippen molar-refractivity contribution in [3.63, 3.8) is 0 Å². The van der Waals surface area contributed by atoms with Crippen molar-refractivity contribution in [2.45, 2.75) is 59.8 Å². The Bertz CT molecular complexity index is 384. The minimum Gasteiger partial charge on any atom is -0.316 e. The molecule has 2 nitrogen and oxygen atoms in total. The molecule has 0 unspecified atom stereocenters. The van der Waals surface area contributed by atoms with Crippen molar-refractivity contribution in [1.29, 1.82) is 0 Å². The number of nitrogens with zero attached hydrogens (tertiary/aromatic N) is 1. The standard InChI is InChI=1S/C17H30N2S/c1-5-18-13-17(12-15-19-10-11-20-15)8-6-14(7-9-17)16(2,3)4/h10-11,14,18H,5-9,12-13H2,1-4H3. The summed E-state index contributed by atoms with van der Waals surface area (Å²) in [7, 11) is 0. The van der Waals surface area contributed by atoms with Crippen LogP contribution in [0.2, 0.25) is 0 Å². The van der Waals surface area contributed by atoms with Crippen molar-refractivity contribution < 1.29 is 0 Å². The molecule has 0 aromatic carbocycles. The Kier molecular flexibility index (Phi) is 5.25. The third-order valence-corrected chi connectivity index (χ3v) is 5.81. The molecule has 1 fully saturated rings. The molecule has 2 rings (SSSR count). The summed E-state index contributed by atoms with van der Waals surface area (Å²) >= 11 is 1.82. The third kappa shape index (κ3) is 4.05. The summed E-state index contributed by atoms with van der Waals surface area (Å²) in [6.07, 6.45) is 8.56. The topological polar surface area (TPSA) is 24.9 Å². The monoisotopic (exact) mass is 294 g/mol. The van der Waals surface area contributed by atoms with Crippen LogP contribution in [0, 0.1) is 16.7 Å². The van der Waals surface area contributed by atoms with Gasteiger partial charge in [-0.05, 0) is 49.0 Å². The van der Waals surface area contributed by atoms with Gasteiger partial charge in [0.15, 0.2) is 0 Å². The van der Waals surface area contributed by atoms with E-state index in [1.807, 2.05) is 17.5 Å². The van der Waals surface area contributed by atoms with Gasteiger partial charge in [0.1, 0.15) is 0 Å². The molecule has 0 saturated heterocycles. The molecule has 114 valence electrons. The predicted octanol–water partition coefficient (Wildman–Crippen LogP) is 4.52. The van der Waals surface area contributed by atoms with Crippen LogP contribution in [0.5, 0.6) is 0 Å². The quantitative estimate of drug-likeness (QED) is 0.863. The highest BCUT2D eigenvalue weighted by Crippen LogP contribution is 2.46. The second-order valence-corrected chi connectivity index (χ2v) is 8.50. The van der Waals surface area contributed by atoms with Crippen molar-refractivity contribution in [2.24, 2.45) is 16.7 Å². The van der Waals surface area contributed by atoms with E-state index in [4.69, 9.17) is 0 Å².